The molecule has 0 saturated carbocycles. The van der Waals surface area contributed by atoms with Gasteiger partial charge in [-0.25, -0.2) is 4.39 Å². The van der Waals surface area contributed by atoms with Crippen LogP contribution in [0, 0.1) is 5.82 Å². The second-order valence-electron chi connectivity index (χ2n) is 8.09. The summed E-state index contributed by atoms with van der Waals surface area (Å²) in [4.78, 5) is 30.3. The van der Waals surface area contributed by atoms with E-state index in [1.165, 1.54) is 12.1 Å². The third-order valence-corrected chi connectivity index (χ3v) is 5.81. The molecule has 0 bridgehead atoms. The number of pyridine rings is 1. The van der Waals surface area contributed by atoms with E-state index in [1.807, 2.05) is 29.2 Å². The van der Waals surface area contributed by atoms with Crippen LogP contribution in [0.5, 0.6) is 0 Å². The van der Waals surface area contributed by atoms with E-state index in [0.29, 0.717) is 38.1 Å². The van der Waals surface area contributed by atoms with Gasteiger partial charge in [0.05, 0.1) is 18.8 Å². The lowest BCUT2D eigenvalue weighted by molar-refractivity contribution is -0.139. The molecule has 7 heteroatoms. The molecule has 2 heterocycles. The third-order valence-electron chi connectivity index (χ3n) is 5.81. The van der Waals surface area contributed by atoms with Crippen LogP contribution >= 0.6 is 0 Å². The van der Waals surface area contributed by atoms with Gasteiger partial charge in [-0.2, -0.15) is 0 Å². The Morgan fingerprint density at radius 2 is 1.76 bits per heavy atom. The van der Waals surface area contributed by atoms with Crippen molar-refractivity contribution in [3.63, 3.8) is 0 Å². The fourth-order valence-electron chi connectivity index (χ4n) is 3.90. The van der Waals surface area contributed by atoms with E-state index in [2.05, 4.69) is 4.98 Å². The molecule has 2 N–H and O–H groups in total. The van der Waals surface area contributed by atoms with Crippen LogP contribution in [0.15, 0.2) is 66.9 Å². The second-order valence-corrected chi connectivity index (χ2v) is 8.09. The molecule has 6 nitrogen and oxygen atoms in total. The highest BCUT2D eigenvalue weighted by Gasteiger charge is 2.26. The minimum atomic E-state index is -0.459. The minimum absolute atomic E-state index is 0.0940. The van der Waals surface area contributed by atoms with Gasteiger partial charge in [0, 0.05) is 30.3 Å². The zero-order valence-electron chi connectivity index (χ0n) is 18.2. The highest BCUT2D eigenvalue weighted by atomic mass is 19.1. The number of benzene rings is 2. The summed E-state index contributed by atoms with van der Waals surface area (Å²) in [6.07, 6.45) is 3.39. The molecule has 33 heavy (non-hydrogen) atoms. The van der Waals surface area contributed by atoms with Crippen molar-refractivity contribution in [2.45, 2.75) is 25.4 Å². The van der Waals surface area contributed by atoms with Crippen molar-refractivity contribution in [1.29, 1.82) is 0 Å². The molecular weight excluding hydrogens is 421 g/mol. The first-order chi connectivity index (χ1) is 16.0. The van der Waals surface area contributed by atoms with E-state index in [0.717, 1.165) is 28.8 Å². The maximum absolute atomic E-state index is 13.0. The molecule has 3 aromatic rings. The highest BCUT2D eigenvalue weighted by molar-refractivity contribution is 5.93. The number of halogens is 1. The van der Waals surface area contributed by atoms with Crippen molar-refractivity contribution in [2.75, 3.05) is 19.7 Å². The average molecular weight is 448 g/mol. The predicted molar refractivity (Wildman–Crippen MR) is 123 cm³/mol. The van der Waals surface area contributed by atoms with Gasteiger partial charge in [0.1, 0.15) is 11.9 Å². The van der Waals surface area contributed by atoms with E-state index in [-0.39, 0.29) is 17.8 Å². The van der Waals surface area contributed by atoms with E-state index < -0.39 is 5.91 Å². The topological polar surface area (TPSA) is 85.5 Å². The van der Waals surface area contributed by atoms with Gasteiger partial charge in [0.15, 0.2) is 0 Å². The number of nitrogens with zero attached hydrogens (tertiary/aromatic N) is 2. The minimum Gasteiger partial charge on any atom is -0.368 e. The third kappa shape index (κ3) is 5.81. The van der Waals surface area contributed by atoms with Crippen LogP contribution in [0.4, 0.5) is 4.39 Å². The van der Waals surface area contributed by atoms with Crippen LogP contribution in [-0.2, 0) is 16.0 Å². The Hall–Kier alpha value is -3.58. The fourth-order valence-corrected chi connectivity index (χ4v) is 3.90. The fraction of sp³-hybridized carbons (Fsp3) is 0.269. The number of primary amides is 1. The lowest BCUT2D eigenvalue weighted by atomic mass is 10.0. The van der Waals surface area contributed by atoms with Crippen molar-refractivity contribution >= 4 is 11.8 Å². The molecule has 0 unspecified atom stereocenters. The summed E-state index contributed by atoms with van der Waals surface area (Å²) in [7, 11) is 0. The number of carbonyl (C=O) groups excluding carboxylic acids is 2. The molecule has 4 rings (SSSR count). The average Bonchev–Trinajstić information content (AvgIpc) is 2.85. The van der Waals surface area contributed by atoms with Crippen molar-refractivity contribution in [3.05, 3.63) is 89.5 Å². The van der Waals surface area contributed by atoms with Gasteiger partial charge in [-0.05, 0) is 54.3 Å². The Bertz CT molecular complexity index is 1100. The van der Waals surface area contributed by atoms with Crippen LogP contribution in [0.1, 0.15) is 40.6 Å². The normalized spacial score (nSPS) is 15.9. The molecule has 1 atom stereocenters. The SMILES string of the molecule is NC(=O)c1ccc(-c2ccc([C@@H]3CN(C(=O)CCCc4ccc(F)cc4)CCO3)nc2)cc1. The Labute approximate surface area is 192 Å². The van der Waals surface area contributed by atoms with Crippen LogP contribution in [0.2, 0.25) is 0 Å². The summed E-state index contributed by atoms with van der Waals surface area (Å²) in [5, 5.41) is 0. The zero-order chi connectivity index (χ0) is 23.2. The summed E-state index contributed by atoms with van der Waals surface area (Å²) >= 11 is 0. The number of hydrogen-bond acceptors (Lipinski definition) is 4. The summed E-state index contributed by atoms with van der Waals surface area (Å²) in [5.41, 5.74) is 9.40. The first-order valence-electron chi connectivity index (χ1n) is 11.0. The number of amides is 2. The van der Waals surface area contributed by atoms with Crippen molar-refractivity contribution in [2.24, 2.45) is 5.73 Å². The molecule has 170 valence electrons. The molecule has 2 aromatic carbocycles. The molecule has 1 aliphatic rings. The maximum Gasteiger partial charge on any atom is 0.248 e. The first kappa shape index (κ1) is 22.6. The number of hydrogen-bond donors (Lipinski definition) is 1. The Morgan fingerprint density at radius 3 is 2.42 bits per heavy atom. The molecule has 1 aromatic heterocycles. The van der Waals surface area contributed by atoms with E-state index in [4.69, 9.17) is 10.5 Å². The van der Waals surface area contributed by atoms with Crippen LogP contribution in [0.25, 0.3) is 11.1 Å². The van der Waals surface area contributed by atoms with Gasteiger partial charge in [-0.3, -0.25) is 14.6 Å². The standard InChI is InChI=1S/C26H26FN3O3/c27-22-11-4-18(5-12-22)2-1-3-25(31)30-14-15-33-24(17-30)23-13-10-21(16-29-23)19-6-8-20(9-7-19)26(28)32/h4-13,16,24H,1-3,14-15,17H2,(H2,28,32)/t24-/m0/s1. The van der Waals surface area contributed by atoms with Gasteiger partial charge < -0.3 is 15.4 Å². The number of aryl methyl sites for hydroxylation is 1. The Balaban J connectivity index is 1.32. The molecule has 0 aliphatic carbocycles. The summed E-state index contributed by atoms with van der Waals surface area (Å²) < 4.78 is 18.9. The van der Waals surface area contributed by atoms with Crippen LogP contribution in [0.3, 0.4) is 0 Å². The zero-order valence-corrected chi connectivity index (χ0v) is 18.2. The maximum atomic E-state index is 13.0. The van der Waals surface area contributed by atoms with E-state index in [1.54, 1.807) is 30.5 Å². The van der Waals surface area contributed by atoms with Gasteiger partial charge in [-0.15, -0.1) is 0 Å². The number of nitrogens with two attached hydrogens (primary N) is 1. The van der Waals surface area contributed by atoms with Gasteiger partial charge in [0.2, 0.25) is 11.8 Å². The molecule has 2 amide bonds. The quantitative estimate of drug-likeness (QED) is 0.595. The Morgan fingerprint density at radius 1 is 1.03 bits per heavy atom. The van der Waals surface area contributed by atoms with Crippen molar-refractivity contribution in [1.82, 2.24) is 9.88 Å². The lowest BCUT2D eigenvalue weighted by Gasteiger charge is -2.32. The smallest absolute Gasteiger partial charge is 0.248 e. The molecule has 0 radical (unpaired) electrons. The largest absolute Gasteiger partial charge is 0.368 e. The summed E-state index contributed by atoms with van der Waals surface area (Å²) in [6.45, 7) is 1.50. The predicted octanol–water partition coefficient (Wildman–Crippen LogP) is 3.91. The van der Waals surface area contributed by atoms with Gasteiger partial charge in [0.25, 0.3) is 0 Å². The monoisotopic (exact) mass is 447 g/mol. The molecule has 1 fully saturated rings. The van der Waals surface area contributed by atoms with Crippen molar-refractivity contribution < 1.29 is 18.7 Å². The lowest BCUT2D eigenvalue weighted by Crippen LogP contribution is -2.42. The molecule has 1 aliphatic heterocycles. The number of ether oxygens (including phenoxy) is 1. The summed E-state index contributed by atoms with van der Waals surface area (Å²) in [6, 6.07) is 17.3. The van der Waals surface area contributed by atoms with Crippen molar-refractivity contribution in [3.8, 4) is 11.1 Å². The Kier molecular flexibility index (Phi) is 7.10. The van der Waals surface area contributed by atoms with Crippen LogP contribution in [-0.4, -0.2) is 41.4 Å². The number of aromatic nitrogens is 1. The molecule has 0 spiro atoms. The van der Waals surface area contributed by atoms with Gasteiger partial charge >= 0.3 is 0 Å². The highest BCUT2D eigenvalue weighted by Crippen LogP contribution is 2.25. The van der Waals surface area contributed by atoms with Gasteiger partial charge in [-0.1, -0.05) is 30.3 Å². The van der Waals surface area contributed by atoms with E-state index in [9.17, 15) is 14.0 Å². The first-order valence-corrected chi connectivity index (χ1v) is 11.0. The van der Waals surface area contributed by atoms with Crippen LogP contribution < -0.4 is 5.73 Å². The van der Waals surface area contributed by atoms with E-state index >= 15 is 0 Å². The number of rotatable bonds is 7. The molecular formula is C26H26FN3O3. The number of morpholine rings is 1. The molecule has 1 saturated heterocycles. The summed E-state index contributed by atoms with van der Waals surface area (Å²) in [5.74, 6) is -0.618. The number of carbonyl (C=O) groups is 2. The second kappa shape index (κ2) is 10.4.